The molecule has 1 aliphatic heterocycles. The number of hydrogen-bond donors (Lipinski definition) is 0. The van der Waals surface area contributed by atoms with Crippen LogP contribution in [0.5, 0.6) is 0 Å². The number of carbonyl (C=O) groups is 1. The van der Waals surface area contributed by atoms with Crippen molar-refractivity contribution in [2.75, 3.05) is 32.7 Å². The van der Waals surface area contributed by atoms with Gasteiger partial charge < -0.3 is 4.90 Å². The number of pyridine rings is 1. The third-order valence-electron chi connectivity index (χ3n) is 3.91. The van der Waals surface area contributed by atoms with Gasteiger partial charge in [-0.25, -0.2) is 4.98 Å². The van der Waals surface area contributed by atoms with Crippen LogP contribution < -0.4 is 0 Å². The van der Waals surface area contributed by atoms with Crippen molar-refractivity contribution in [1.82, 2.24) is 14.8 Å². The maximum absolute atomic E-state index is 13.1. The third-order valence-corrected chi connectivity index (χ3v) is 3.91. The van der Waals surface area contributed by atoms with Gasteiger partial charge in [0.1, 0.15) is 0 Å². The van der Waals surface area contributed by atoms with Crippen molar-refractivity contribution < 1.29 is 22.4 Å². The molecule has 0 unspecified atom stereocenters. The van der Waals surface area contributed by atoms with E-state index in [9.17, 15) is 22.4 Å². The van der Waals surface area contributed by atoms with E-state index in [1.165, 1.54) is 17.2 Å². The van der Waals surface area contributed by atoms with E-state index in [1.807, 2.05) is 0 Å². The van der Waals surface area contributed by atoms with Gasteiger partial charge in [-0.15, -0.1) is 0 Å². The van der Waals surface area contributed by atoms with Crippen LogP contribution in [0, 0.1) is 11.9 Å². The molecule has 2 rings (SSSR count). The van der Waals surface area contributed by atoms with E-state index in [1.54, 1.807) is 11.8 Å². The number of aromatic nitrogens is 1. The second kappa shape index (κ2) is 7.25. The molecule has 0 aliphatic carbocycles. The molecule has 1 saturated heterocycles. The zero-order chi connectivity index (χ0) is 17.0. The van der Waals surface area contributed by atoms with Gasteiger partial charge in [0.15, 0.2) is 0 Å². The topological polar surface area (TPSA) is 36.4 Å². The van der Waals surface area contributed by atoms with E-state index in [4.69, 9.17) is 0 Å². The van der Waals surface area contributed by atoms with E-state index in [0.29, 0.717) is 32.6 Å². The van der Waals surface area contributed by atoms with Crippen LogP contribution in [-0.2, 0) is 0 Å². The molecule has 0 bridgehead atoms. The maximum Gasteiger partial charge on any atom is 0.401 e. The smallest absolute Gasteiger partial charge is 0.338 e. The first-order valence-electron chi connectivity index (χ1n) is 7.48. The molecule has 0 aromatic carbocycles. The monoisotopic (exact) mass is 333 g/mol. The fourth-order valence-electron chi connectivity index (χ4n) is 2.81. The Kier molecular flexibility index (Phi) is 5.56. The van der Waals surface area contributed by atoms with Crippen molar-refractivity contribution >= 4 is 5.91 Å². The minimum absolute atomic E-state index is 0.00654. The van der Waals surface area contributed by atoms with Crippen molar-refractivity contribution in [3.05, 3.63) is 29.8 Å². The Bertz CT molecular complexity index is 550. The minimum atomic E-state index is -4.22. The van der Waals surface area contributed by atoms with Gasteiger partial charge in [-0.2, -0.15) is 17.6 Å². The van der Waals surface area contributed by atoms with Crippen LogP contribution >= 0.6 is 0 Å². The van der Waals surface area contributed by atoms with E-state index < -0.39 is 18.7 Å². The number of halogens is 4. The second-order valence-electron chi connectivity index (χ2n) is 5.72. The zero-order valence-electron chi connectivity index (χ0n) is 12.8. The first-order chi connectivity index (χ1) is 10.8. The van der Waals surface area contributed by atoms with E-state index in [-0.39, 0.29) is 17.4 Å². The molecular formula is C15H19F4N3O. The molecule has 1 aromatic heterocycles. The number of nitrogens with zero attached hydrogens (tertiary/aromatic N) is 3. The van der Waals surface area contributed by atoms with Crippen molar-refractivity contribution in [3.63, 3.8) is 0 Å². The zero-order valence-corrected chi connectivity index (χ0v) is 12.8. The van der Waals surface area contributed by atoms with Crippen molar-refractivity contribution in [2.24, 2.45) is 5.92 Å². The lowest BCUT2D eigenvalue weighted by Crippen LogP contribution is -2.38. The Morgan fingerprint density at radius 3 is 2.83 bits per heavy atom. The highest BCUT2D eigenvalue weighted by molar-refractivity contribution is 5.94. The molecule has 1 fully saturated rings. The minimum Gasteiger partial charge on any atom is -0.338 e. The summed E-state index contributed by atoms with van der Waals surface area (Å²) in [5.74, 6) is -1.05. The number of hydrogen-bond acceptors (Lipinski definition) is 3. The molecule has 1 amide bonds. The predicted molar refractivity (Wildman–Crippen MR) is 76.4 cm³/mol. The molecule has 128 valence electrons. The van der Waals surface area contributed by atoms with Gasteiger partial charge in [-0.1, -0.05) is 6.92 Å². The SMILES string of the molecule is CCN(C[C@H]1CCN(C(=O)c2ccnc(F)c2)C1)CC(F)(F)F. The molecule has 1 aliphatic rings. The van der Waals surface area contributed by atoms with E-state index in [2.05, 4.69) is 4.98 Å². The molecule has 1 aromatic rings. The van der Waals surface area contributed by atoms with E-state index >= 15 is 0 Å². The fraction of sp³-hybridized carbons (Fsp3) is 0.600. The molecule has 0 saturated carbocycles. The summed E-state index contributed by atoms with van der Waals surface area (Å²) >= 11 is 0. The number of carbonyl (C=O) groups excluding carboxylic acids is 1. The molecule has 0 N–H and O–H groups in total. The third kappa shape index (κ3) is 5.16. The summed E-state index contributed by atoms with van der Waals surface area (Å²) in [6.07, 6.45) is -2.36. The molecule has 2 heterocycles. The van der Waals surface area contributed by atoms with Crippen LogP contribution in [0.3, 0.4) is 0 Å². The van der Waals surface area contributed by atoms with Gasteiger partial charge in [0.05, 0.1) is 6.54 Å². The molecule has 0 spiro atoms. The first kappa shape index (κ1) is 17.7. The molecule has 0 radical (unpaired) electrons. The van der Waals surface area contributed by atoms with Crippen LogP contribution in [0.1, 0.15) is 23.7 Å². The Morgan fingerprint density at radius 1 is 1.48 bits per heavy atom. The first-order valence-corrected chi connectivity index (χ1v) is 7.48. The van der Waals surface area contributed by atoms with Gasteiger partial charge in [0, 0.05) is 37.5 Å². The second-order valence-corrected chi connectivity index (χ2v) is 5.72. The van der Waals surface area contributed by atoms with Gasteiger partial charge in [-0.3, -0.25) is 9.69 Å². The summed E-state index contributed by atoms with van der Waals surface area (Å²) in [5, 5.41) is 0. The van der Waals surface area contributed by atoms with Crippen LogP contribution in [0.2, 0.25) is 0 Å². The lowest BCUT2D eigenvalue weighted by molar-refractivity contribution is -0.146. The average molecular weight is 333 g/mol. The Hall–Kier alpha value is -1.70. The largest absolute Gasteiger partial charge is 0.401 e. The van der Waals surface area contributed by atoms with Crippen molar-refractivity contribution in [2.45, 2.75) is 19.5 Å². The quantitative estimate of drug-likeness (QED) is 0.614. The maximum atomic E-state index is 13.1. The van der Waals surface area contributed by atoms with Crippen LogP contribution in [0.25, 0.3) is 0 Å². The highest BCUT2D eigenvalue weighted by Crippen LogP contribution is 2.22. The average Bonchev–Trinajstić information content (AvgIpc) is 2.92. The number of amides is 1. The molecular weight excluding hydrogens is 314 g/mol. The predicted octanol–water partition coefficient (Wildman–Crippen LogP) is 2.57. The van der Waals surface area contributed by atoms with Gasteiger partial charge in [0.25, 0.3) is 5.91 Å². The molecule has 4 nitrogen and oxygen atoms in total. The molecule has 1 atom stereocenters. The van der Waals surface area contributed by atoms with Gasteiger partial charge >= 0.3 is 6.18 Å². The summed E-state index contributed by atoms with van der Waals surface area (Å²) in [5.41, 5.74) is 0.209. The van der Waals surface area contributed by atoms with Gasteiger partial charge in [-0.05, 0) is 24.9 Å². The lowest BCUT2D eigenvalue weighted by Gasteiger charge is -2.25. The molecule has 8 heteroatoms. The lowest BCUT2D eigenvalue weighted by atomic mass is 10.1. The summed E-state index contributed by atoms with van der Waals surface area (Å²) in [6, 6.07) is 2.50. The highest BCUT2D eigenvalue weighted by Gasteiger charge is 2.33. The van der Waals surface area contributed by atoms with E-state index in [0.717, 1.165) is 6.07 Å². The van der Waals surface area contributed by atoms with Crippen LogP contribution in [0.4, 0.5) is 17.6 Å². The summed E-state index contributed by atoms with van der Waals surface area (Å²) in [7, 11) is 0. The standard InChI is InChI=1S/C15H19F4N3O/c1-2-21(10-15(17,18)19)8-11-4-6-22(9-11)14(23)12-3-5-20-13(16)7-12/h3,5,7,11H,2,4,6,8-10H2,1H3/t11-/m1/s1. The summed E-state index contributed by atoms with van der Waals surface area (Å²) in [4.78, 5) is 18.6. The van der Waals surface area contributed by atoms with Crippen molar-refractivity contribution in [3.8, 4) is 0 Å². The Balaban J connectivity index is 1.91. The van der Waals surface area contributed by atoms with Crippen LogP contribution in [0.15, 0.2) is 18.3 Å². The van der Waals surface area contributed by atoms with Crippen LogP contribution in [-0.4, -0.2) is 59.6 Å². The number of alkyl halides is 3. The fourth-order valence-corrected chi connectivity index (χ4v) is 2.81. The Morgan fingerprint density at radius 2 is 2.22 bits per heavy atom. The highest BCUT2D eigenvalue weighted by atomic mass is 19.4. The number of rotatable bonds is 5. The normalized spacial score (nSPS) is 18.7. The molecule has 23 heavy (non-hydrogen) atoms. The van der Waals surface area contributed by atoms with Crippen molar-refractivity contribution in [1.29, 1.82) is 0 Å². The Labute approximate surface area is 132 Å². The summed E-state index contributed by atoms with van der Waals surface area (Å²) in [6.45, 7) is 2.20. The van der Waals surface area contributed by atoms with Gasteiger partial charge in [0.2, 0.25) is 5.95 Å². The summed E-state index contributed by atoms with van der Waals surface area (Å²) < 4.78 is 50.5. The number of likely N-dealkylation sites (tertiary alicyclic amines) is 1.